The van der Waals surface area contributed by atoms with Gasteiger partial charge in [-0.1, -0.05) is 35.1 Å². The number of hydrogen-bond donors (Lipinski definition) is 1. The molecule has 5 nitrogen and oxygen atoms in total. The van der Waals surface area contributed by atoms with Gasteiger partial charge < -0.3 is 5.32 Å². The fourth-order valence-electron chi connectivity index (χ4n) is 2.63. The van der Waals surface area contributed by atoms with Crippen LogP contribution in [0.15, 0.2) is 54.9 Å². The first-order valence-corrected chi connectivity index (χ1v) is 9.06. The molecule has 7 heteroatoms. The number of thiazole rings is 1. The van der Waals surface area contributed by atoms with Gasteiger partial charge in [0.2, 0.25) is 0 Å². The Morgan fingerprint density at radius 1 is 1.08 bits per heavy atom. The number of aromatic nitrogens is 3. The van der Waals surface area contributed by atoms with Crippen LogP contribution in [-0.4, -0.2) is 20.9 Å². The lowest BCUT2D eigenvalue weighted by atomic mass is 10.1. The highest BCUT2D eigenvalue weighted by molar-refractivity contribution is 7.21. The molecule has 0 saturated carbocycles. The first-order chi connectivity index (χ1) is 12.6. The molecule has 3 heterocycles. The van der Waals surface area contributed by atoms with Crippen LogP contribution in [0.3, 0.4) is 0 Å². The van der Waals surface area contributed by atoms with Crippen LogP contribution in [0, 0.1) is 6.92 Å². The van der Waals surface area contributed by atoms with Crippen LogP contribution in [0.1, 0.15) is 15.9 Å². The third-order valence-corrected chi connectivity index (χ3v) is 5.30. The summed E-state index contributed by atoms with van der Waals surface area (Å²) in [5, 5.41) is 3.95. The standard InChI is InChI=1S/C19H13ClN4OS/c1-11-12(18-24-15-8-4-10-22-19(15)26-18)5-2-7-14(11)23-17(25)13-6-3-9-21-16(13)20/h2-10H,1H3,(H,23,25). The average Bonchev–Trinajstić information content (AvgIpc) is 3.07. The quantitative estimate of drug-likeness (QED) is 0.509. The van der Waals surface area contributed by atoms with Crippen molar-refractivity contribution >= 4 is 44.9 Å². The molecule has 0 fully saturated rings. The van der Waals surface area contributed by atoms with Gasteiger partial charge in [-0.15, -0.1) is 0 Å². The Labute approximate surface area is 158 Å². The molecule has 4 aromatic rings. The van der Waals surface area contributed by atoms with Crippen molar-refractivity contribution in [1.82, 2.24) is 15.0 Å². The number of halogens is 1. The summed E-state index contributed by atoms with van der Waals surface area (Å²) in [4.78, 5) is 26.3. The molecule has 1 aromatic carbocycles. The molecule has 0 unspecified atom stereocenters. The fourth-order valence-corrected chi connectivity index (χ4v) is 3.83. The second kappa shape index (κ2) is 6.82. The molecule has 4 rings (SSSR count). The number of anilines is 1. The highest BCUT2D eigenvalue weighted by Gasteiger charge is 2.15. The minimum Gasteiger partial charge on any atom is -0.322 e. The molecule has 0 spiro atoms. The first kappa shape index (κ1) is 16.6. The molecule has 0 saturated heterocycles. The Hall–Kier alpha value is -2.83. The van der Waals surface area contributed by atoms with E-state index in [1.807, 2.05) is 37.3 Å². The summed E-state index contributed by atoms with van der Waals surface area (Å²) in [6.07, 6.45) is 3.30. The van der Waals surface area contributed by atoms with Crippen LogP contribution >= 0.6 is 22.9 Å². The van der Waals surface area contributed by atoms with Crippen LogP contribution in [0.25, 0.3) is 20.9 Å². The zero-order valence-electron chi connectivity index (χ0n) is 13.7. The van der Waals surface area contributed by atoms with Crippen molar-refractivity contribution in [2.45, 2.75) is 6.92 Å². The van der Waals surface area contributed by atoms with Crippen LogP contribution in [-0.2, 0) is 0 Å². The Kier molecular flexibility index (Phi) is 4.36. The maximum Gasteiger partial charge on any atom is 0.258 e. The van der Waals surface area contributed by atoms with Gasteiger partial charge in [-0.3, -0.25) is 4.79 Å². The van der Waals surface area contributed by atoms with Crippen LogP contribution in [0.4, 0.5) is 5.69 Å². The second-order valence-electron chi connectivity index (χ2n) is 5.62. The van der Waals surface area contributed by atoms with Gasteiger partial charge in [-0.25, -0.2) is 15.0 Å². The summed E-state index contributed by atoms with van der Waals surface area (Å²) in [6.45, 7) is 1.95. The number of nitrogens with one attached hydrogen (secondary N) is 1. The van der Waals surface area contributed by atoms with Crippen molar-refractivity contribution in [3.05, 3.63) is 71.1 Å². The molecule has 0 aliphatic rings. The van der Waals surface area contributed by atoms with E-state index in [0.29, 0.717) is 11.3 Å². The minimum absolute atomic E-state index is 0.177. The molecule has 0 radical (unpaired) electrons. The summed E-state index contributed by atoms with van der Waals surface area (Å²) in [5.41, 5.74) is 3.80. The first-order valence-electron chi connectivity index (χ1n) is 7.87. The molecular weight excluding hydrogens is 368 g/mol. The SMILES string of the molecule is Cc1c(NC(=O)c2cccnc2Cl)cccc1-c1nc2cccnc2s1. The molecule has 26 heavy (non-hydrogen) atoms. The topological polar surface area (TPSA) is 67.8 Å². The lowest BCUT2D eigenvalue weighted by Crippen LogP contribution is -2.14. The molecule has 0 bridgehead atoms. The largest absolute Gasteiger partial charge is 0.322 e. The number of carbonyl (C=O) groups excluding carboxylic acids is 1. The Morgan fingerprint density at radius 3 is 2.69 bits per heavy atom. The summed E-state index contributed by atoms with van der Waals surface area (Å²) in [7, 11) is 0. The number of hydrogen-bond acceptors (Lipinski definition) is 5. The molecule has 1 N–H and O–H groups in total. The van der Waals surface area contributed by atoms with Gasteiger partial charge in [0, 0.05) is 23.6 Å². The summed E-state index contributed by atoms with van der Waals surface area (Å²) in [5.74, 6) is -0.297. The highest BCUT2D eigenvalue weighted by Crippen LogP contribution is 2.33. The fraction of sp³-hybridized carbons (Fsp3) is 0.0526. The van der Waals surface area contributed by atoms with E-state index in [1.165, 1.54) is 11.3 Å². The van der Waals surface area contributed by atoms with Crippen molar-refractivity contribution in [2.75, 3.05) is 5.32 Å². The van der Waals surface area contributed by atoms with Crippen molar-refractivity contribution in [3.63, 3.8) is 0 Å². The third-order valence-electron chi connectivity index (χ3n) is 3.98. The zero-order valence-corrected chi connectivity index (χ0v) is 15.3. The Balaban J connectivity index is 1.70. The van der Waals surface area contributed by atoms with E-state index in [0.717, 1.165) is 26.5 Å². The van der Waals surface area contributed by atoms with Gasteiger partial charge in [-0.05, 0) is 42.8 Å². The number of fused-ring (bicyclic) bond motifs is 1. The molecular formula is C19H13ClN4OS. The molecule has 3 aromatic heterocycles. The predicted molar refractivity (Wildman–Crippen MR) is 105 cm³/mol. The molecule has 128 valence electrons. The lowest BCUT2D eigenvalue weighted by molar-refractivity contribution is 0.102. The van der Waals surface area contributed by atoms with E-state index in [-0.39, 0.29) is 11.1 Å². The van der Waals surface area contributed by atoms with Crippen molar-refractivity contribution in [1.29, 1.82) is 0 Å². The van der Waals surface area contributed by atoms with E-state index in [1.54, 1.807) is 24.5 Å². The number of benzene rings is 1. The van der Waals surface area contributed by atoms with E-state index in [9.17, 15) is 4.79 Å². The van der Waals surface area contributed by atoms with Crippen LogP contribution in [0.2, 0.25) is 5.15 Å². The van der Waals surface area contributed by atoms with Gasteiger partial charge in [0.25, 0.3) is 5.91 Å². The molecule has 1 amide bonds. The average molecular weight is 381 g/mol. The number of rotatable bonds is 3. The van der Waals surface area contributed by atoms with Crippen LogP contribution < -0.4 is 5.32 Å². The number of carbonyl (C=O) groups is 1. The minimum atomic E-state index is -0.297. The van der Waals surface area contributed by atoms with Gasteiger partial charge in [0.1, 0.15) is 20.5 Å². The Bertz CT molecular complexity index is 1090. The predicted octanol–water partition coefficient (Wildman–Crippen LogP) is 4.97. The van der Waals surface area contributed by atoms with E-state index >= 15 is 0 Å². The summed E-state index contributed by atoms with van der Waals surface area (Å²) >= 11 is 7.54. The van der Waals surface area contributed by atoms with E-state index in [2.05, 4.69) is 20.3 Å². The normalized spacial score (nSPS) is 10.8. The third kappa shape index (κ3) is 3.05. The van der Waals surface area contributed by atoms with Gasteiger partial charge in [-0.2, -0.15) is 0 Å². The summed E-state index contributed by atoms with van der Waals surface area (Å²) in [6, 6.07) is 12.9. The van der Waals surface area contributed by atoms with E-state index in [4.69, 9.17) is 11.6 Å². The van der Waals surface area contributed by atoms with Crippen LogP contribution in [0.5, 0.6) is 0 Å². The molecule has 0 aliphatic heterocycles. The van der Waals surface area contributed by atoms with Crippen molar-refractivity contribution < 1.29 is 4.79 Å². The smallest absolute Gasteiger partial charge is 0.258 e. The van der Waals surface area contributed by atoms with Crippen molar-refractivity contribution in [3.8, 4) is 10.6 Å². The zero-order chi connectivity index (χ0) is 18.1. The van der Waals surface area contributed by atoms with Gasteiger partial charge >= 0.3 is 0 Å². The maximum atomic E-state index is 12.5. The van der Waals surface area contributed by atoms with Crippen molar-refractivity contribution in [2.24, 2.45) is 0 Å². The second-order valence-corrected chi connectivity index (χ2v) is 6.96. The highest BCUT2D eigenvalue weighted by atomic mass is 35.5. The molecule has 0 atom stereocenters. The van der Waals surface area contributed by atoms with Gasteiger partial charge in [0.15, 0.2) is 0 Å². The monoisotopic (exact) mass is 380 g/mol. The maximum absolute atomic E-state index is 12.5. The lowest BCUT2D eigenvalue weighted by Gasteiger charge is -2.11. The van der Waals surface area contributed by atoms with Gasteiger partial charge in [0.05, 0.1) is 5.56 Å². The number of nitrogens with zero attached hydrogens (tertiary/aromatic N) is 3. The Morgan fingerprint density at radius 2 is 1.88 bits per heavy atom. The summed E-state index contributed by atoms with van der Waals surface area (Å²) < 4.78 is 0. The van der Waals surface area contributed by atoms with E-state index < -0.39 is 0 Å². The number of amides is 1. The number of pyridine rings is 2. The molecule has 0 aliphatic carbocycles.